The number of hydrogen-bond acceptors (Lipinski definition) is 5. The van der Waals surface area contributed by atoms with Crippen molar-refractivity contribution in [3.05, 3.63) is 53.7 Å². The molecular formula is C24H30N4O2. The van der Waals surface area contributed by atoms with Crippen LogP contribution in [0.25, 0.3) is 10.9 Å². The molecule has 3 aromatic rings. The fourth-order valence-corrected chi connectivity index (χ4v) is 5.18. The lowest BCUT2D eigenvalue weighted by atomic mass is 9.76. The first kappa shape index (κ1) is 19.4. The summed E-state index contributed by atoms with van der Waals surface area (Å²) in [5.74, 6) is 1.63. The third-order valence-corrected chi connectivity index (χ3v) is 6.66. The summed E-state index contributed by atoms with van der Waals surface area (Å²) in [6.07, 6.45) is 5.70. The molecule has 3 fully saturated rings. The fourth-order valence-electron chi connectivity index (χ4n) is 5.18. The molecule has 2 aliphatic heterocycles. The summed E-state index contributed by atoms with van der Waals surface area (Å²) in [7, 11) is 0. The standard InChI is InChI=1S/C24H30N4O2/c1-16-2-3-18(11-24(16)30-9-8-29)15-28-14-17-4-7-23(28)22(10-17)26-20-5-6-21-19(12-20)13-25-27-21/h2-3,5-6,11-13,17,22-23,26,29H,4,7-10,14-15H2,1H3,(H,25,27). The molecule has 158 valence electrons. The number of anilines is 1. The zero-order valence-electron chi connectivity index (χ0n) is 17.5. The van der Waals surface area contributed by atoms with E-state index >= 15 is 0 Å². The zero-order valence-corrected chi connectivity index (χ0v) is 17.5. The third-order valence-electron chi connectivity index (χ3n) is 6.66. The second kappa shape index (κ2) is 8.28. The van der Waals surface area contributed by atoms with Gasteiger partial charge < -0.3 is 15.2 Å². The maximum atomic E-state index is 9.07. The van der Waals surface area contributed by atoms with E-state index in [1.165, 1.54) is 37.1 Å². The van der Waals surface area contributed by atoms with Crippen molar-refractivity contribution in [3.8, 4) is 5.75 Å². The van der Waals surface area contributed by atoms with Crippen molar-refractivity contribution in [1.82, 2.24) is 15.1 Å². The zero-order chi connectivity index (χ0) is 20.5. The summed E-state index contributed by atoms with van der Waals surface area (Å²) in [6, 6.07) is 13.9. The highest BCUT2D eigenvalue weighted by Gasteiger charge is 2.40. The number of aromatic amines is 1. The molecule has 2 bridgehead atoms. The van der Waals surface area contributed by atoms with E-state index in [9.17, 15) is 0 Å². The lowest BCUT2D eigenvalue weighted by molar-refractivity contribution is 0.0323. The number of fused-ring (bicyclic) bond motifs is 4. The Kier molecular flexibility index (Phi) is 5.35. The lowest BCUT2D eigenvalue weighted by Crippen LogP contribution is -2.57. The van der Waals surface area contributed by atoms with E-state index in [1.54, 1.807) is 0 Å². The SMILES string of the molecule is Cc1ccc(CN2CC3CCC2C(Nc2ccc4[nH]ncc4c2)C3)cc1OCCO. The summed E-state index contributed by atoms with van der Waals surface area (Å²) >= 11 is 0. The molecule has 1 aliphatic carbocycles. The predicted octanol–water partition coefficient (Wildman–Crippen LogP) is 3.71. The number of aryl methyl sites for hydroxylation is 1. The second-order valence-corrected chi connectivity index (χ2v) is 8.77. The van der Waals surface area contributed by atoms with Gasteiger partial charge in [0.2, 0.25) is 0 Å². The first-order valence-corrected chi connectivity index (χ1v) is 11.0. The molecular weight excluding hydrogens is 376 g/mol. The maximum Gasteiger partial charge on any atom is 0.122 e. The van der Waals surface area contributed by atoms with E-state index < -0.39 is 0 Å². The number of H-pyrrole nitrogens is 1. The molecule has 6 rings (SSSR count). The van der Waals surface area contributed by atoms with Gasteiger partial charge in [0.05, 0.1) is 18.3 Å². The fraction of sp³-hybridized carbons (Fsp3) is 0.458. The number of aromatic nitrogens is 2. The minimum atomic E-state index is 0.0392. The highest BCUT2D eigenvalue weighted by Crippen LogP contribution is 2.38. The predicted molar refractivity (Wildman–Crippen MR) is 119 cm³/mol. The molecule has 0 amide bonds. The molecule has 30 heavy (non-hydrogen) atoms. The van der Waals surface area contributed by atoms with Gasteiger partial charge in [-0.2, -0.15) is 5.10 Å². The molecule has 1 saturated carbocycles. The number of piperidine rings is 2. The molecule has 3 atom stereocenters. The Morgan fingerprint density at radius 1 is 1.23 bits per heavy atom. The summed E-state index contributed by atoms with van der Waals surface area (Å²) in [5, 5.41) is 21.2. The second-order valence-electron chi connectivity index (χ2n) is 8.77. The minimum absolute atomic E-state index is 0.0392. The van der Waals surface area contributed by atoms with Crippen LogP contribution < -0.4 is 10.1 Å². The Morgan fingerprint density at radius 2 is 2.17 bits per heavy atom. The maximum absolute atomic E-state index is 9.07. The van der Waals surface area contributed by atoms with Gasteiger partial charge in [0.15, 0.2) is 0 Å². The Morgan fingerprint density at radius 3 is 3.03 bits per heavy atom. The van der Waals surface area contributed by atoms with Gasteiger partial charge in [-0.05, 0) is 67.5 Å². The minimum Gasteiger partial charge on any atom is -0.491 e. The normalized spacial score (nSPS) is 23.7. The monoisotopic (exact) mass is 406 g/mol. The van der Waals surface area contributed by atoms with Gasteiger partial charge in [0, 0.05) is 36.2 Å². The van der Waals surface area contributed by atoms with Crippen molar-refractivity contribution in [2.45, 2.75) is 44.8 Å². The molecule has 1 aromatic heterocycles. The van der Waals surface area contributed by atoms with Gasteiger partial charge in [-0.25, -0.2) is 0 Å². The molecule has 3 aliphatic rings. The molecule has 0 radical (unpaired) electrons. The molecule has 2 saturated heterocycles. The Bertz CT molecular complexity index is 1020. The number of ether oxygens (including phenoxy) is 1. The van der Waals surface area contributed by atoms with Crippen LogP contribution in [0, 0.1) is 12.8 Å². The summed E-state index contributed by atoms with van der Waals surface area (Å²) < 4.78 is 5.72. The largest absolute Gasteiger partial charge is 0.491 e. The lowest BCUT2D eigenvalue weighted by Gasteiger charge is -2.50. The quantitative estimate of drug-likeness (QED) is 0.558. The van der Waals surface area contributed by atoms with E-state index in [4.69, 9.17) is 9.84 Å². The average Bonchev–Trinajstić information content (AvgIpc) is 3.22. The summed E-state index contributed by atoms with van der Waals surface area (Å²) in [5.41, 5.74) is 4.64. The van der Waals surface area contributed by atoms with Gasteiger partial charge in [-0.15, -0.1) is 0 Å². The molecule has 0 spiro atoms. The van der Waals surface area contributed by atoms with Crippen LogP contribution in [-0.2, 0) is 6.54 Å². The summed E-state index contributed by atoms with van der Waals surface area (Å²) in [4.78, 5) is 2.65. The first-order valence-electron chi connectivity index (χ1n) is 11.0. The van der Waals surface area contributed by atoms with Gasteiger partial charge in [-0.3, -0.25) is 10.00 Å². The van der Waals surface area contributed by atoms with Crippen molar-refractivity contribution >= 4 is 16.6 Å². The van der Waals surface area contributed by atoms with Crippen molar-refractivity contribution in [2.75, 3.05) is 25.1 Å². The van der Waals surface area contributed by atoms with E-state index in [0.29, 0.717) is 18.7 Å². The average molecular weight is 407 g/mol. The highest BCUT2D eigenvalue weighted by molar-refractivity contribution is 5.81. The van der Waals surface area contributed by atoms with Gasteiger partial charge in [0.25, 0.3) is 0 Å². The third kappa shape index (κ3) is 3.89. The first-order chi connectivity index (χ1) is 14.7. The van der Waals surface area contributed by atoms with Crippen LogP contribution >= 0.6 is 0 Å². The number of aliphatic hydroxyl groups is 1. The topological polar surface area (TPSA) is 73.4 Å². The van der Waals surface area contributed by atoms with Crippen LogP contribution in [0.15, 0.2) is 42.6 Å². The number of nitrogens with one attached hydrogen (secondary N) is 2. The van der Waals surface area contributed by atoms with Crippen LogP contribution in [0.3, 0.4) is 0 Å². The van der Waals surface area contributed by atoms with Crippen LogP contribution in [0.5, 0.6) is 5.75 Å². The van der Waals surface area contributed by atoms with Crippen molar-refractivity contribution < 1.29 is 9.84 Å². The molecule has 6 nitrogen and oxygen atoms in total. The number of aliphatic hydroxyl groups excluding tert-OH is 1. The molecule has 3 heterocycles. The van der Waals surface area contributed by atoms with E-state index in [-0.39, 0.29) is 6.61 Å². The Labute approximate surface area is 177 Å². The van der Waals surface area contributed by atoms with Gasteiger partial charge in [-0.1, -0.05) is 12.1 Å². The van der Waals surface area contributed by atoms with Crippen molar-refractivity contribution in [2.24, 2.45) is 5.92 Å². The summed E-state index contributed by atoms with van der Waals surface area (Å²) in [6.45, 7) is 4.54. The van der Waals surface area contributed by atoms with Crippen LogP contribution in [0.2, 0.25) is 0 Å². The number of benzene rings is 2. The molecule has 3 unspecified atom stereocenters. The smallest absolute Gasteiger partial charge is 0.122 e. The van der Waals surface area contributed by atoms with E-state index in [0.717, 1.165) is 34.7 Å². The number of hydrogen-bond donors (Lipinski definition) is 3. The number of nitrogens with zero attached hydrogens (tertiary/aromatic N) is 2. The van der Waals surface area contributed by atoms with Crippen LogP contribution in [0.4, 0.5) is 5.69 Å². The van der Waals surface area contributed by atoms with Gasteiger partial charge >= 0.3 is 0 Å². The van der Waals surface area contributed by atoms with Crippen molar-refractivity contribution in [1.29, 1.82) is 0 Å². The highest BCUT2D eigenvalue weighted by atomic mass is 16.5. The van der Waals surface area contributed by atoms with Crippen LogP contribution in [0.1, 0.15) is 30.4 Å². The Hall–Kier alpha value is -2.57. The van der Waals surface area contributed by atoms with E-state index in [1.807, 2.05) is 6.20 Å². The van der Waals surface area contributed by atoms with Crippen LogP contribution in [-0.4, -0.2) is 52.0 Å². The number of rotatable bonds is 7. The Balaban J connectivity index is 1.30. The van der Waals surface area contributed by atoms with Crippen molar-refractivity contribution in [3.63, 3.8) is 0 Å². The molecule has 2 aromatic carbocycles. The van der Waals surface area contributed by atoms with E-state index in [2.05, 4.69) is 63.7 Å². The molecule has 6 heteroatoms. The molecule has 3 N–H and O–H groups in total. The van der Waals surface area contributed by atoms with Gasteiger partial charge in [0.1, 0.15) is 12.4 Å².